The second kappa shape index (κ2) is 8.43. The Balaban J connectivity index is 2.18. The zero-order valence-electron chi connectivity index (χ0n) is 14.2. The van der Waals surface area contributed by atoms with Crippen LogP contribution in [0.15, 0.2) is 103 Å². The minimum atomic E-state index is -0.455. The van der Waals surface area contributed by atoms with Gasteiger partial charge in [0.25, 0.3) is 0 Å². The highest BCUT2D eigenvalue weighted by atomic mass is 16.2. The molecule has 0 aromatic heterocycles. The molecule has 0 saturated heterocycles. The smallest absolute Gasteiger partial charge is 0.0950 e. The van der Waals surface area contributed by atoms with Crippen molar-refractivity contribution >= 4 is 0 Å². The van der Waals surface area contributed by atoms with Crippen molar-refractivity contribution in [1.82, 2.24) is 5.32 Å². The van der Waals surface area contributed by atoms with Crippen LogP contribution in [0.25, 0.3) is 0 Å². The van der Waals surface area contributed by atoms with Crippen LogP contribution >= 0.6 is 0 Å². The molecule has 0 radical (unpaired) electrons. The fourth-order valence-electron chi connectivity index (χ4n) is 3.24. The van der Waals surface area contributed by atoms with E-state index in [9.17, 15) is 0 Å². The van der Waals surface area contributed by atoms with Gasteiger partial charge in [-0.05, 0) is 16.7 Å². The third-order valence-electron chi connectivity index (χ3n) is 4.38. The minimum absolute atomic E-state index is 0.0523. The maximum atomic E-state index is 9.03. The molecule has 0 unspecified atom stereocenters. The topological polar surface area (TPSA) is 32.3 Å². The maximum Gasteiger partial charge on any atom is 0.0950 e. The molecule has 25 heavy (non-hydrogen) atoms. The Hall–Kier alpha value is -2.68. The van der Waals surface area contributed by atoms with E-state index >= 15 is 0 Å². The largest absolute Gasteiger partial charge is 0.392 e. The van der Waals surface area contributed by atoms with Crippen molar-refractivity contribution in [3.05, 3.63) is 120 Å². The Morgan fingerprint density at radius 1 is 0.640 bits per heavy atom. The molecule has 0 amide bonds. The van der Waals surface area contributed by atoms with E-state index in [2.05, 4.69) is 78.1 Å². The molecular weight excluding hydrogens is 306 g/mol. The highest BCUT2D eigenvalue weighted by molar-refractivity contribution is 5.49. The lowest BCUT2D eigenvalue weighted by Gasteiger charge is -2.37. The van der Waals surface area contributed by atoms with Crippen molar-refractivity contribution in [3.8, 4) is 0 Å². The Morgan fingerprint density at radius 2 is 1.04 bits per heavy atom. The molecule has 0 saturated carbocycles. The van der Waals surface area contributed by atoms with E-state index in [-0.39, 0.29) is 6.61 Å². The Kier molecular flexibility index (Phi) is 5.78. The molecule has 0 spiro atoms. The number of aliphatic hydroxyl groups is 1. The van der Waals surface area contributed by atoms with E-state index < -0.39 is 5.54 Å². The molecule has 3 aromatic rings. The monoisotopic (exact) mass is 329 g/mol. The third-order valence-corrected chi connectivity index (χ3v) is 4.38. The number of nitrogens with one attached hydrogen (secondary N) is 1. The van der Waals surface area contributed by atoms with E-state index in [1.807, 2.05) is 24.3 Å². The number of aliphatic hydroxyl groups excluding tert-OH is 1. The van der Waals surface area contributed by atoms with Crippen molar-refractivity contribution in [1.29, 1.82) is 0 Å². The summed E-state index contributed by atoms with van der Waals surface area (Å²) < 4.78 is 0. The molecule has 0 aliphatic rings. The fourth-order valence-corrected chi connectivity index (χ4v) is 3.24. The number of benzene rings is 3. The van der Waals surface area contributed by atoms with Crippen LogP contribution in [0.4, 0.5) is 0 Å². The zero-order valence-corrected chi connectivity index (χ0v) is 14.2. The first kappa shape index (κ1) is 17.2. The Bertz CT molecular complexity index is 685. The van der Waals surface area contributed by atoms with Crippen LogP contribution in [-0.2, 0) is 5.54 Å². The molecule has 2 N–H and O–H groups in total. The molecular formula is C23H23NO. The van der Waals surface area contributed by atoms with Crippen LogP contribution in [0.5, 0.6) is 0 Å². The van der Waals surface area contributed by atoms with Gasteiger partial charge < -0.3 is 5.11 Å². The van der Waals surface area contributed by atoms with Gasteiger partial charge in [0.1, 0.15) is 0 Å². The SMILES string of the molecule is OC/C=C\CNC(c1ccccc1)(c1ccccc1)c1ccccc1. The molecule has 126 valence electrons. The van der Waals surface area contributed by atoms with Crippen molar-refractivity contribution in [3.63, 3.8) is 0 Å². The highest BCUT2D eigenvalue weighted by Gasteiger charge is 2.35. The van der Waals surface area contributed by atoms with Crippen LogP contribution in [0.2, 0.25) is 0 Å². The summed E-state index contributed by atoms with van der Waals surface area (Å²) >= 11 is 0. The third kappa shape index (κ3) is 3.71. The van der Waals surface area contributed by atoms with Gasteiger partial charge in [-0.2, -0.15) is 0 Å². The van der Waals surface area contributed by atoms with E-state index in [0.29, 0.717) is 6.54 Å². The zero-order chi connectivity index (χ0) is 17.4. The van der Waals surface area contributed by atoms with E-state index in [1.165, 1.54) is 16.7 Å². The summed E-state index contributed by atoms with van der Waals surface area (Å²) in [6, 6.07) is 31.5. The Morgan fingerprint density at radius 3 is 1.40 bits per heavy atom. The van der Waals surface area contributed by atoms with Crippen LogP contribution in [-0.4, -0.2) is 18.3 Å². The average Bonchev–Trinajstić information content (AvgIpc) is 2.70. The van der Waals surface area contributed by atoms with Gasteiger partial charge in [-0.25, -0.2) is 0 Å². The highest BCUT2D eigenvalue weighted by Crippen LogP contribution is 2.36. The predicted molar refractivity (Wildman–Crippen MR) is 103 cm³/mol. The summed E-state index contributed by atoms with van der Waals surface area (Å²) in [6.45, 7) is 0.704. The van der Waals surface area contributed by atoms with Crippen LogP contribution < -0.4 is 5.32 Å². The second-order valence-electron chi connectivity index (χ2n) is 5.88. The number of hydrogen-bond donors (Lipinski definition) is 2. The first-order valence-corrected chi connectivity index (χ1v) is 8.55. The number of hydrogen-bond acceptors (Lipinski definition) is 2. The Labute approximate surface area is 149 Å². The summed E-state index contributed by atoms with van der Waals surface area (Å²) in [5.74, 6) is 0. The lowest BCUT2D eigenvalue weighted by atomic mass is 9.77. The lowest BCUT2D eigenvalue weighted by molar-refractivity contribution is 0.342. The molecule has 3 aromatic carbocycles. The first-order chi connectivity index (χ1) is 12.4. The molecule has 0 heterocycles. The van der Waals surface area contributed by atoms with Crippen LogP contribution in [0, 0.1) is 0 Å². The van der Waals surface area contributed by atoms with E-state index in [0.717, 1.165) is 0 Å². The standard InChI is InChI=1S/C23H23NO/c25-19-11-10-18-24-23(20-12-4-1-5-13-20,21-14-6-2-7-15-21)22-16-8-3-9-17-22/h1-17,24-25H,18-19H2/b11-10-. The van der Waals surface area contributed by atoms with Gasteiger partial charge in [0.2, 0.25) is 0 Å². The van der Waals surface area contributed by atoms with Crippen LogP contribution in [0.3, 0.4) is 0 Å². The average molecular weight is 329 g/mol. The van der Waals surface area contributed by atoms with Gasteiger partial charge in [-0.3, -0.25) is 5.32 Å². The quantitative estimate of drug-likeness (QED) is 0.505. The van der Waals surface area contributed by atoms with Gasteiger partial charge in [-0.1, -0.05) is 103 Å². The van der Waals surface area contributed by atoms with E-state index in [1.54, 1.807) is 6.08 Å². The molecule has 0 fully saturated rings. The summed E-state index contributed by atoms with van der Waals surface area (Å²) in [5, 5.41) is 12.8. The number of rotatable bonds is 7. The van der Waals surface area contributed by atoms with Gasteiger partial charge in [0.05, 0.1) is 12.1 Å². The van der Waals surface area contributed by atoms with Crippen molar-refractivity contribution < 1.29 is 5.11 Å². The van der Waals surface area contributed by atoms with E-state index in [4.69, 9.17) is 5.11 Å². The molecule has 0 aliphatic carbocycles. The fraction of sp³-hybridized carbons (Fsp3) is 0.130. The van der Waals surface area contributed by atoms with Gasteiger partial charge >= 0.3 is 0 Å². The molecule has 2 heteroatoms. The van der Waals surface area contributed by atoms with Gasteiger partial charge in [0.15, 0.2) is 0 Å². The summed E-state index contributed by atoms with van der Waals surface area (Å²) in [5.41, 5.74) is 3.10. The first-order valence-electron chi connectivity index (χ1n) is 8.55. The molecule has 0 aliphatic heterocycles. The van der Waals surface area contributed by atoms with Crippen LogP contribution in [0.1, 0.15) is 16.7 Å². The van der Waals surface area contributed by atoms with Crippen molar-refractivity contribution in [2.45, 2.75) is 5.54 Å². The summed E-state index contributed by atoms with van der Waals surface area (Å²) in [4.78, 5) is 0. The molecule has 0 bridgehead atoms. The molecule has 3 rings (SSSR count). The van der Waals surface area contributed by atoms with Gasteiger partial charge in [0, 0.05) is 6.54 Å². The normalized spacial score (nSPS) is 11.7. The minimum Gasteiger partial charge on any atom is -0.392 e. The lowest BCUT2D eigenvalue weighted by Crippen LogP contribution is -2.44. The van der Waals surface area contributed by atoms with Crippen molar-refractivity contribution in [2.24, 2.45) is 0 Å². The summed E-state index contributed by atoms with van der Waals surface area (Å²) in [7, 11) is 0. The maximum absolute atomic E-state index is 9.03. The molecule has 2 nitrogen and oxygen atoms in total. The second-order valence-corrected chi connectivity index (χ2v) is 5.88. The molecule has 0 atom stereocenters. The van der Waals surface area contributed by atoms with Gasteiger partial charge in [-0.15, -0.1) is 0 Å². The van der Waals surface area contributed by atoms with Crippen molar-refractivity contribution in [2.75, 3.05) is 13.2 Å². The summed E-state index contributed by atoms with van der Waals surface area (Å²) in [6.07, 6.45) is 3.72. The predicted octanol–water partition coefficient (Wildman–Crippen LogP) is 4.12.